The lowest BCUT2D eigenvalue weighted by molar-refractivity contribution is 0.290. The topological polar surface area (TPSA) is 38.7 Å². The van der Waals surface area contributed by atoms with E-state index in [9.17, 15) is 5.11 Å². The van der Waals surface area contributed by atoms with Crippen LogP contribution in [0.15, 0.2) is 35.6 Å². The van der Waals surface area contributed by atoms with E-state index in [1.165, 1.54) is 5.57 Å². The number of aromatic hydroxyl groups is 1. The number of phenolic OH excluding ortho intramolecular Hbond substituents is 1. The molecule has 0 saturated heterocycles. The van der Waals surface area contributed by atoms with Gasteiger partial charge in [-0.3, -0.25) is 0 Å². The molecule has 0 aliphatic rings. The first-order chi connectivity index (χ1) is 11.4. The van der Waals surface area contributed by atoms with Crippen molar-refractivity contribution in [2.75, 3.05) is 14.2 Å². The SMILES string of the molecule is CO/C(C)=C/C(C)/C(C)=C/CCCCc1c(C)ccc(OC)c1O. The van der Waals surface area contributed by atoms with E-state index in [0.717, 1.165) is 42.6 Å². The Kier molecular flexibility index (Phi) is 8.45. The van der Waals surface area contributed by atoms with E-state index in [2.05, 4.69) is 26.0 Å². The summed E-state index contributed by atoms with van der Waals surface area (Å²) in [5, 5.41) is 10.2. The molecule has 1 aromatic rings. The minimum atomic E-state index is 0.290. The van der Waals surface area contributed by atoms with Gasteiger partial charge in [0, 0.05) is 5.56 Å². The lowest BCUT2D eigenvalue weighted by atomic mass is 9.98. The van der Waals surface area contributed by atoms with Gasteiger partial charge in [-0.05, 0) is 70.1 Å². The molecule has 1 rings (SSSR count). The zero-order chi connectivity index (χ0) is 18.1. The van der Waals surface area contributed by atoms with Crippen molar-refractivity contribution in [3.05, 3.63) is 46.7 Å². The lowest BCUT2D eigenvalue weighted by Gasteiger charge is -2.12. The first kappa shape index (κ1) is 20.1. The third-order valence-electron chi connectivity index (χ3n) is 4.57. The molecule has 3 nitrogen and oxygen atoms in total. The highest BCUT2D eigenvalue weighted by Crippen LogP contribution is 2.33. The standard InChI is InChI=1S/C21H32O3/c1-15(17(3)14-18(4)23-5)10-8-7-9-11-19-16(2)12-13-20(24-6)21(19)22/h10,12-14,17,22H,7-9,11H2,1-6H3/b15-10+,18-14+. The summed E-state index contributed by atoms with van der Waals surface area (Å²) in [6.07, 6.45) is 8.53. The number of unbranched alkanes of at least 4 members (excludes halogenated alkanes) is 2. The highest BCUT2D eigenvalue weighted by atomic mass is 16.5. The predicted molar refractivity (Wildman–Crippen MR) is 101 cm³/mol. The van der Waals surface area contributed by atoms with Crippen LogP contribution >= 0.6 is 0 Å². The van der Waals surface area contributed by atoms with Gasteiger partial charge in [-0.1, -0.05) is 24.6 Å². The lowest BCUT2D eigenvalue weighted by Crippen LogP contribution is -1.95. The van der Waals surface area contributed by atoms with Crippen molar-refractivity contribution in [2.45, 2.75) is 53.4 Å². The van der Waals surface area contributed by atoms with Crippen molar-refractivity contribution >= 4 is 0 Å². The Morgan fingerprint density at radius 1 is 1.21 bits per heavy atom. The number of benzene rings is 1. The molecule has 24 heavy (non-hydrogen) atoms. The van der Waals surface area contributed by atoms with Gasteiger partial charge in [0.15, 0.2) is 11.5 Å². The third-order valence-corrected chi connectivity index (χ3v) is 4.57. The normalized spacial score (nSPS) is 13.8. The zero-order valence-corrected chi connectivity index (χ0v) is 16.0. The monoisotopic (exact) mass is 332 g/mol. The number of ether oxygens (including phenoxy) is 2. The maximum Gasteiger partial charge on any atom is 0.161 e. The molecular weight excluding hydrogens is 300 g/mol. The van der Waals surface area contributed by atoms with Crippen LogP contribution in [0.5, 0.6) is 11.5 Å². The van der Waals surface area contributed by atoms with E-state index < -0.39 is 0 Å². The van der Waals surface area contributed by atoms with E-state index >= 15 is 0 Å². The molecule has 1 unspecified atom stereocenters. The van der Waals surface area contributed by atoms with Crippen LogP contribution in [0.1, 0.15) is 51.2 Å². The summed E-state index contributed by atoms with van der Waals surface area (Å²) in [6, 6.07) is 3.82. The van der Waals surface area contributed by atoms with Gasteiger partial charge in [0.1, 0.15) is 0 Å². The molecular formula is C21H32O3. The minimum Gasteiger partial charge on any atom is -0.504 e. The third kappa shape index (κ3) is 5.95. The Hall–Kier alpha value is -1.90. The van der Waals surface area contributed by atoms with Gasteiger partial charge >= 0.3 is 0 Å². The molecule has 1 N–H and O–H groups in total. The van der Waals surface area contributed by atoms with Crippen LogP contribution in [0.25, 0.3) is 0 Å². The average molecular weight is 332 g/mol. The van der Waals surface area contributed by atoms with Crippen molar-refractivity contribution in [3.63, 3.8) is 0 Å². The van der Waals surface area contributed by atoms with E-state index in [1.54, 1.807) is 14.2 Å². The van der Waals surface area contributed by atoms with Crippen molar-refractivity contribution in [1.29, 1.82) is 0 Å². The average Bonchev–Trinajstić information content (AvgIpc) is 2.56. The molecule has 0 heterocycles. The molecule has 0 aliphatic carbocycles. The molecule has 1 aromatic carbocycles. The number of hydrogen-bond donors (Lipinski definition) is 1. The zero-order valence-electron chi connectivity index (χ0n) is 16.0. The first-order valence-corrected chi connectivity index (χ1v) is 8.65. The summed E-state index contributed by atoms with van der Waals surface area (Å²) in [7, 11) is 3.29. The van der Waals surface area contributed by atoms with E-state index in [1.807, 2.05) is 26.0 Å². The second-order valence-electron chi connectivity index (χ2n) is 6.38. The van der Waals surface area contributed by atoms with Crippen LogP contribution in [0.4, 0.5) is 0 Å². The fourth-order valence-electron chi connectivity index (χ4n) is 2.71. The van der Waals surface area contributed by atoms with Crippen LogP contribution in [-0.4, -0.2) is 19.3 Å². The summed E-state index contributed by atoms with van der Waals surface area (Å²) in [4.78, 5) is 0. The summed E-state index contributed by atoms with van der Waals surface area (Å²) in [6.45, 7) is 8.37. The number of aryl methyl sites for hydroxylation is 1. The van der Waals surface area contributed by atoms with Gasteiger partial charge in [0.2, 0.25) is 0 Å². The maximum atomic E-state index is 10.2. The van der Waals surface area contributed by atoms with Gasteiger partial charge in [-0.2, -0.15) is 0 Å². The quantitative estimate of drug-likeness (QED) is 0.366. The molecule has 0 fully saturated rings. The molecule has 0 saturated carbocycles. The van der Waals surface area contributed by atoms with Gasteiger partial charge in [0.25, 0.3) is 0 Å². The molecule has 0 amide bonds. The molecule has 0 aliphatic heterocycles. The van der Waals surface area contributed by atoms with Crippen molar-refractivity contribution in [2.24, 2.45) is 5.92 Å². The molecule has 134 valence electrons. The second-order valence-corrected chi connectivity index (χ2v) is 6.38. The Balaban J connectivity index is 2.51. The fraction of sp³-hybridized carbons (Fsp3) is 0.524. The van der Waals surface area contributed by atoms with Crippen molar-refractivity contribution in [3.8, 4) is 11.5 Å². The smallest absolute Gasteiger partial charge is 0.161 e. The summed E-state index contributed by atoms with van der Waals surface area (Å²) in [5.41, 5.74) is 3.49. The van der Waals surface area contributed by atoms with Crippen LogP contribution in [0.3, 0.4) is 0 Å². The highest BCUT2D eigenvalue weighted by molar-refractivity contribution is 5.49. The predicted octanol–water partition coefficient (Wildman–Crippen LogP) is 5.55. The minimum absolute atomic E-state index is 0.290. The van der Waals surface area contributed by atoms with Crippen LogP contribution in [0.2, 0.25) is 0 Å². The Morgan fingerprint density at radius 3 is 2.54 bits per heavy atom. The van der Waals surface area contributed by atoms with Crippen LogP contribution < -0.4 is 4.74 Å². The second kappa shape index (κ2) is 10.1. The van der Waals surface area contributed by atoms with Gasteiger partial charge < -0.3 is 14.6 Å². The molecule has 0 bridgehead atoms. The first-order valence-electron chi connectivity index (χ1n) is 8.65. The molecule has 1 atom stereocenters. The van der Waals surface area contributed by atoms with Gasteiger partial charge in [0.05, 0.1) is 20.0 Å². The molecule has 0 radical (unpaired) electrons. The highest BCUT2D eigenvalue weighted by Gasteiger charge is 2.10. The molecule has 3 heteroatoms. The summed E-state index contributed by atoms with van der Waals surface area (Å²) >= 11 is 0. The van der Waals surface area contributed by atoms with E-state index in [-0.39, 0.29) is 5.75 Å². The number of rotatable bonds is 9. The summed E-state index contributed by atoms with van der Waals surface area (Å²) < 4.78 is 10.4. The number of hydrogen-bond acceptors (Lipinski definition) is 3. The van der Waals surface area contributed by atoms with Crippen LogP contribution in [-0.2, 0) is 11.2 Å². The van der Waals surface area contributed by atoms with Crippen molar-refractivity contribution < 1.29 is 14.6 Å². The molecule has 0 aromatic heterocycles. The van der Waals surface area contributed by atoms with Gasteiger partial charge in [-0.25, -0.2) is 0 Å². The number of allylic oxidation sites excluding steroid dienone is 4. The van der Waals surface area contributed by atoms with Crippen LogP contribution in [0, 0.1) is 12.8 Å². The number of methoxy groups -OCH3 is 2. The Bertz CT molecular complexity index is 585. The van der Waals surface area contributed by atoms with E-state index in [0.29, 0.717) is 11.7 Å². The molecule has 0 spiro atoms. The van der Waals surface area contributed by atoms with Crippen molar-refractivity contribution in [1.82, 2.24) is 0 Å². The Morgan fingerprint density at radius 2 is 1.92 bits per heavy atom. The maximum absolute atomic E-state index is 10.2. The fourth-order valence-corrected chi connectivity index (χ4v) is 2.71. The van der Waals surface area contributed by atoms with E-state index in [4.69, 9.17) is 9.47 Å². The number of phenols is 1. The Labute approximate surface area is 147 Å². The largest absolute Gasteiger partial charge is 0.504 e. The summed E-state index contributed by atoms with van der Waals surface area (Å²) in [5.74, 6) is 2.20. The van der Waals surface area contributed by atoms with Gasteiger partial charge in [-0.15, -0.1) is 0 Å².